The molecule has 1 aliphatic heterocycles. The van der Waals surface area contributed by atoms with Crippen LogP contribution in [-0.4, -0.2) is 40.1 Å². The van der Waals surface area contributed by atoms with Gasteiger partial charge < -0.3 is 19.3 Å². The molecule has 0 aromatic heterocycles. The van der Waals surface area contributed by atoms with Crippen molar-refractivity contribution in [3.05, 3.63) is 65.7 Å². The molecule has 162 valence electrons. The molecular formula is C24H31NO5. The fourth-order valence-corrected chi connectivity index (χ4v) is 3.46. The van der Waals surface area contributed by atoms with Crippen molar-refractivity contribution in [2.24, 2.45) is 0 Å². The number of benzene rings is 2. The van der Waals surface area contributed by atoms with Crippen molar-refractivity contribution in [3.63, 3.8) is 0 Å². The number of hydrogen-bond acceptors (Lipinski definition) is 5. The molecule has 1 N–H and O–H groups in total. The molecule has 0 saturated carbocycles. The van der Waals surface area contributed by atoms with Crippen molar-refractivity contribution in [3.8, 4) is 5.75 Å². The average molecular weight is 414 g/mol. The van der Waals surface area contributed by atoms with E-state index in [9.17, 15) is 9.90 Å². The Morgan fingerprint density at radius 3 is 2.40 bits per heavy atom. The highest BCUT2D eigenvalue weighted by molar-refractivity contribution is 5.70. The molecule has 1 aliphatic rings. The minimum Gasteiger partial charge on any atom is -0.489 e. The fraction of sp³-hybridized carbons (Fsp3) is 0.458. The van der Waals surface area contributed by atoms with Gasteiger partial charge >= 0.3 is 6.09 Å². The van der Waals surface area contributed by atoms with Crippen LogP contribution in [0.3, 0.4) is 0 Å². The SMILES string of the molecule is CC(C)(C)OC(=O)N1[C@@H]([C@@H](O)c2ccc(OCc3ccccc3)cc2)COC1(C)C. The Balaban J connectivity index is 1.69. The van der Waals surface area contributed by atoms with Gasteiger partial charge in [-0.1, -0.05) is 42.5 Å². The van der Waals surface area contributed by atoms with Gasteiger partial charge in [-0.2, -0.15) is 0 Å². The second-order valence-electron chi connectivity index (χ2n) is 8.96. The van der Waals surface area contributed by atoms with E-state index in [0.29, 0.717) is 17.9 Å². The first-order valence-electron chi connectivity index (χ1n) is 10.2. The normalized spacial score (nSPS) is 19.4. The summed E-state index contributed by atoms with van der Waals surface area (Å²) >= 11 is 0. The van der Waals surface area contributed by atoms with E-state index in [2.05, 4.69) is 0 Å². The highest BCUT2D eigenvalue weighted by Crippen LogP contribution is 2.35. The molecule has 30 heavy (non-hydrogen) atoms. The maximum Gasteiger partial charge on any atom is 0.413 e. The number of carbonyl (C=O) groups excluding carboxylic acids is 1. The Kier molecular flexibility index (Phi) is 6.38. The smallest absolute Gasteiger partial charge is 0.413 e. The van der Waals surface area contributed by atoms with Crippen LogP contribution in [0.5, 0.6) is 5.75 Å². The Labute approximate surface area is 178 Å². The van der Waals surface area contributed by atoms with Crippen molar-refractivity contribution in [2.45, 2.75) is 64.7 Å². The quantitative estimate of drug-likeness (QED) is 0.771. The van der Waals surface area contributed by atoms with E-state index in [1.807, 2.05) is 75.4 Å². The van der Waals surface area contributed by atoms with E-state index in [1.165, 1.54) is 4.90 Å². The van der Waals surface area contributed by atoms with Gasteiger partial charge in [0.05, 0.1) is 12.6 Å². The molecule has 0 aliphatic carbocycles. The second-order valence-corrected chi connectivity index (χ2v) is 8.96. The molecule has 1 fully saturated rings. The number of nitrogens with zero attached hydrogens (tertiary/aromatic N) is 1. The maximum absolute atomic E-state index is 12.8. The van der Waals surface area contributed by atoms with Crippen molar-refractivity contribution in [2.75, 3.05) is 6.61 Å². The first-order chi connectivity index (χ1) is 14.1. The van der Waals surface area contributed by atoms with E-state index in [0.717, 1.165) is 5.56 Å². The van der Waals surface area contributed by atoms with Crippen LogP contribution in [0.25, 0.3) is 0 Å². The zero-order valence-corrected chi connectivity index (χ0v) is 18.3. The second kappa shape index (κ2) is 8.66. The van der Waals surface area contributed by atoms with Gasteiger partial charge in [-0.15, -0.1) is 0 Å². The minimum atomic E-state index is -0.914. The number of carbonyl (C=O) groups is 1. The van der Waals surface area contributed by atoms with E-state index < -0.39 is 29.6 Å². The summed E-state index contributed by atoms with van der Waals surface area (Å²) in [4.78, 5) is 14.3. The van der Waals surface area contributed by atoms with Gasteiger partial charge in [0, 0.05) is 0 Å². The first kappa shape index (κ1) is 22.1. The summed E-state index contributed by atoms with van der Waals surface area (Å²) in [6, 6.07) is 16.6. The number of rotatable bonds is 5. The van der Waals surface area contributed by atoms with Gasteiger partial charge in [0.2, 0.25) is 0 Å². The third-order valence-electron chi connectivity index (χ3n) is 4.94. The average Bonchev–Trinajstić information content (AvgIpc) is 3.01. The van der Waals surface area contributed by atoms with Crippen molar-refractivity contribution >= 4 is 6.09 Å². The number of aliphatic hydroxyl groups is 1. The van der Waals surface area contributed by atoms with Gasteiger partial charge in [-0.3, -0.25) is 4.90 Å². The molecule has 0 bridgehead atoms. The molecule has 2 aromatic rings. The molecule has 0 spiro atoms. The molecule has 0 unspecified atom stereocenters. The lowest BCUT2D eigenvalue weighted by atomic mass is 10.0. The number of hydrogen-bond donors (Lipinski definition) is 1. The molecule has 3 rings (SSSR count). The number of ether oxygens (including phenoxy) is 3. The predicted octanol–water partition coefficient (Wildman–Crippen LogP) is 4.67. The van der Waals surface area contributed by atoms with E-state index >= 15 is 0 Å². The monoisotopic (exact) mass is 413 g/mol. The topological polar surface area (TPSA) is 68.2 Å². The fourth-order valence-electron chi connectivity index (χ4n) is 3.46. The van der Waals surface area contributed by atoms with Gasteiger partial charge in [0.1, 0.15) is 29.8 Å². The van der Waals surface area contributed by atoms with Gasteiger partial charge in [0.15, 0.2) is 0 Å². The summed E-state index contributed by atoms with van der Waals surface area (Å²) in [7, 11) is 0. The lowest BCUT2D eigenvalue weighted by Gasteiger charge is -2.36. The molecule has 6 heteroatoms. The summed E-state index contributed by atoms with van der Waals surface area (Å²) in [5.41, 5.74) is 0.261. The Morgan fingerprint density at radius 1 is 1.17 bits per heavy atom. The zero-order valence-electron chi connectivity index (χ0n) is 18.3. The van der Waals surface area contributed by atoms with Crippen LogP contribution >= 0.6 is 0 Å². The Bertz CT molecular complexity index is 842. The van der Waals surface area contributed by atoms with Crippen molar-refractivity contribution < 1.29 is 24.1 Å². The lowest BCUT2D eigenvalue weighted by molar-refractivity contribution is -0.0679. The van der Waals surface area contributed by atoms with Gasteiger partial charge in [-0.25, -0.2) is 4.79 Å². The summed E-state index contributed by atoms with van der Waals surface area (Å²) in [5.74, 6) is 0.710. The molecule has 1 saturated heterocycles. The van der Waals surface area contributed by atoms with E-state index in [4.69, 9.17) is 14.2 Å². The standard InChI is InChI=1S/C24H31NO5/c1-23(2,3)30-22(27)25-20(16-29-24(25,4)5)21(26)18-11-13-19(14-12-18)28-15-17-9-7-6-8-10-17/h6-14,20-21,26H,15-16H2,1-5H3/t20-,21+/m1/s1. The van der Waals surface area contributed by atoms with Crippen LogP contribution in [0.15, 0.2) is 54.6 Å². The number of amides is 1. The molecule has 0 radical (unpaired) electrons. The molecule has 2 atom stereocenters. The highest BCUT2D eigenvalue weighted by Gasteiger charge is 2.48. The van der Waals surface area contributed by atoms with Crippen LogP contribution in [0.4, 0.5) is 4.79 Å². The zero-order chi connectivity index (χ0) is 21.9. The number of aliphatic hydroxyl groups excluding tert-OH is 1. The Hall–Kier alpha value is -2.57. The largest absolute Gasteiger partial charge is 0.489 e. The van der Waals surface area contributed by atoms with Gasteiger partial charge in [-0.05, 0) is 57.9 Å². The van der Waals surface area contributed by atoms with E-state index in [-0.39, 0.29) is 6.61 Å². The van der Waals surface area contributed by atoms with Crippen LogP contribution in [0.1, 0.15) is 51.8 Å². The van der Waals surface area contributed by atoms with E-state index in [1.54, 1.807) is 13.8 Å². The third-order valence-corrected chi connectivity index (χ3v) is 4.94. The van der Waals surface area contributed by atoms with Crippen LogP contribution in [0.2, 0.25) is 0 Å². The van der Waals surface area contributed by atoms with Crippen LogP contribution < -0.4 is 4.74 Å². The highest BCUT2D eigenvalue weighted by atomic mass is 16.6. The third kappa shape index (κ3) is 5.32. The molecule has 2 aromatic carbocycles. The maximum atomic E-state index is 12.8. The summed E-state index contributed by atoms with van der Waals surface area (Å²) in [5, 5.41) is 11.0. The van der Waals surface area contributed by atoms with Gasteiger partial charge in [0.25, 0.3) is 0 Å². The summed E-state index contributed by atoms with van der Waals surface area (Å²) < 4.78 is 17.1. The summed E-state index contributed by atoms with van der Waals surface area (Å²) in [6.45, 7) is 9.73. The molecular weight excluding hydrogens is 382 g/mol. The predicted molar refractivity (Wildman–Crippen MR) is 114 cm³/mol. The summed E-state index contributed by atoms with van der Waals surface area (Å²) in [6.07, 6.45) is -1.42. The van der Waals surface area contributed by atoms with Crippen LogP contribution in [0, 0.1) is 0 Å². The van der Waals surface area contributed by atoms with Crippen LogP contribution in [-0.2, 0) is 16.1 Å². The Morgan fingerprint density at radius 2 is 1.80 bits per heavy atom. The lowest BCUT2D eigenvalue weighted by Crippen LogP contribution is -2.51. The molecule has 1 heterocycles. The van der Waals surface area contributed by atoms with Crippen molar-refractivity contribution in [1.29, 1.82) is 0 Å². The molecule has 1 amide bonds. The van der Waals surface area contributed by atoms with Crippen molar-refractivity contribution in [1.82, 2.24) is 4.90 Å². The minimum absolute atomic E-state index is 0.222. The first-order valence-corrected chi connectivity index (χ1v) is 10.2. The molecule has 6 nitrogen and oxygen atoms in total.